The maximum atomic E-state index is 9.55. The minimum atomic E-state index is -1.13. The van der Waals surface area contributed by atoms with E-state index < -0.39 is 5.79 Å². The summed E-state index contributed by atoms with van der Waals surface area (Å²) in [6.45, 7) is 3.62. The fourth-order valence-electron chi connectivity index (χ4n) is 0.782. The van der Waals surface area contributed by atoms with E-state index in [2.05, 4.69) is 0 Å². The second-order valence-electron chi connectivity index (χ2n) is 2.28. The van der Waals surface area contributed by atoms with Crippen LogP contribution in [-0.4, -0.2) is 31.2 Å². The molecule has 12 heavy (non-hydrogen) atoms. The molecule has 0 bridgehead atoms. The van der Waals surface area contributed by atoms with Crippen LogP contribution in [0.15, 0.2) is 0 Å². The van der Waals surface area contributed by atoms with Crippen LogP contribution in [0.2, 0.25) is 0 Å². The standard InChI is InChI=1S/C7H16O3.ClH.H3N/c1-5-7(8,10-4)6(2)9-3;;/h6,8H,5H2,1-4H3;1H;1H3. The van der Waals surface area contributed by atoms with Crippen molar-refractivity contribution in [3.63, 3.8) is 0 Å². The van der Waals surface area contributed by atoms with Crippen molar-refractivity contribution in [1.82, 2.24) is 6.15 Å². The fraction of sp³-hybridized carbons (Fsp3) is 1.00. The molecule has 0 saturated carbocycles. The Morgan fingerprint density at radius 3 is 1.92 bits per heavy atom. The predicted molar refractivity (Wildman–Crippen MR) is 51.0 cm³/mol. The summed E-state index contributed by atoms with van der Waals surface area (Å²) in [5.74, 6) is -1.13. The molecular formula is C7H20ClNO3. The molecule has 0 spiro atoms. The maximum absolute atomic E-state index is 9.55. The summed E-state index contributed by atoms with van der Waals surface area (Å²) in [5.41, 5.74) is 0. The quantitative estimate of drug-likeness (QED) is 0.674. The van der Waals surface area contributed by atoms with Crippen LogP contribution in [0.3, 0.4) is 0 Å². The summed E-state index contributed by atoms with van der Waals surface area (Å²) in [5, 5.41) is 9.55. The molecule has 0 heterocycles. The van der Waals surface area contributed by atoms with Gasteiger partial charge in [-0.05, 0) is 6.92 Å². The molecule has 78 valence electrons. The van der Waals surface area contributed by atoms with Crippen LogP contribution < -0.4 is 6.15 Å². The van der Waals surface area contributed by atoms with Gasteiger partial charge in [-0.25, -0.2) is 0 Å². The number of hydrogen-bond donors (Lipinski definition) is 2. The van der Waals surface area contributed by atoms with Crippen molar-refractivity contribution in [1.29, 1.82) is 0 Å². The molecule has 0 radical (unpaired) electrons. The van der Waals surface area contributed by atoms with Crippen molar-refractivity contribution in [2.75, 3.05) is 14.2 Å². The zero-order chi connectivity index (χ0) is 8.20. The van der Waals surface area contributed by atoms with E-state index in [4.69, 9.17) is 9.47 Å². The third-order valence-corrected chi connectivity index (χ3v) is 1.85. The highest BCUT2D eigenvalue weighted by molar-refractivity contribution is 5.85. The first kappa shape index (κ1) is 18.0. The molecule has 0 aromatic carbocycles. The summed E-state index contributed by atoms with van der Waals surface area (Å²) in [7, 11) is 3.02. The van der Waals surface area contributed by atoms with E-state index in [1.54, 1.807) is 14.0 Å². The summed E-state index contributed by atoms with van der Waals surface area (Å²) in [4.78, 5) is 0. The van der Waals surface area contributed by atoms with E-state index in [-0.39, 0.29) is 24.7 Å². The van der Waals surface area contributed by atoms with Crippen LogP contribution in [-0.2, 0) is 9.47 Å². The molecule has 0 amide bonds. The van der Waals surface area contributed by atoms with E-state index in [0.717, 1.165) is 0 Å². The van der Waals surface area contributed by atoms with Crippen LogP contribution in [0.5, 0.6) is 0 Å². The van der Waals surface area contributed by atoms with Gasteiger partial charge in [0.1, 0.15) is 6.10 Å². The summed E-state index contributed by atoms with van der Waals surface area (Å²) < 4.78 is 9.79. The second-order valence-corrected chi connectivity index (χ2v) is 2.28. The summed E-state index contributed by atoms with van der Waals surface area (Å²) >= 11 is 0. The Bertz CT molecular complexity index is 98.7. The molecule has 0 aliphatic carbocycles. The lowest BCUT2D eigenvalue weighted by Crippen LogP contribution is -2.42. The molecule has 0 fully saturated rings. The Balaban J connectivity index is -0.000000405. The Hall–Kier alpha value is 0.130. The first-order chi connectivity index (χ1) is 4.60. The number of hydrogen-bond acceptors (Lipinski definition) is 4. The van der Waals surface area contributed by atoms with E-state index >= 15 is 0 Å². The largest absolute Gasteiger partial charge is 0.376 e. The van der Waals surface area contributed by atoms with Gasteiger partial charge in [-0.3, -0.25) is 0 Å². The van der Waals surface area contributed by atoms with Gasteiger partial charge in [-0.1, -0.05) is 6.92 Å². The van der Waals surface area contributed by atoms with Gasteiger partial charge in [0.2, 0.25) is 0 Å². The predicted octanol–water partition coefficient (Wildman–Crippen LogP) is 1.35. The molecule has 4 nitrogen and oxygen atoms in total. The Kier molecular flexibility index (Phi) is 11.7. The Morgan fingerprint density at radius 1 is 1.42 bits per heavy atom. The fourth-order valence-corrected chi connectivity index (χ4v) is 0.782. The lowest BCUT2D eigenvalue weighted by atomic mass is 10.1. The number of halogens is 1. The maximum Gasteiger partial charge on any atom is 0.191 e. The number of aliphatic hydroxyl groups is 1. The molecule has 0 rings (SSSR count). The lowest BCUT2D eigenvalue weighted by molar-refractivity contribution is -0.245. The Labute approximate surface area is 80.2 Å². The first-order valence-electron chi connectivity index (χ1n) is 3.41. The van der Waals surface area contributed by atoms with Crippen LogP contribution >= 0.6 is 12.4 Å². The van der Waals surface area contributed by atoms with E-state index in [1.807, 2.05) is 6.92 Å². The average Bonchev–Trinajstić information content (AvgIpc) is 2.01. The van der Waals surface area contributed by atoms with Gasteiger partial charge >= 0.3 is 0 Å². The first-order valence-corrected chi connectivity index (χ1v) is 3.41. The van der Waals surface area contributed by atoms with Gasteiger partial charge in [0.05, 0.1) is 0 Å². The number of rotatable bonds is 4. The van der Waals surface area contributed by atoms with Gasteiger partial charge in [-0.2, -0.15) is 0 Å². The van der Waals surface area contributed by atoms with Crippen molar-refractivity contribution < 1.29 is 14.6 Å². The summed E-state index contributed by atoms with van der Waals surface area (Å²) in [6, 6.07) is 0. The van der Waals surface area contributed by atoms with Crippen LogP contribution in [0.25, 0.3) is 0 Å². The van der Waals surface area contributed by atoms with E-state index in [1.165, 1.54) is 7.11 Å². The Morgan fingerprint density at radius 2 is 1.83 bits per heavy atom. The van der Waals surface area contributed by atoms with Crippen LogP contribution in [0, 0.1) is 0 Å². The smallest absolute Gasteiger partial charge is 0.191 e. The molecule has 0 saturated heterocycles. The van der Waals surface area contributed by atoms with Gasteiger partial charge in [0, 0.05) is 20.6 Å². The lowest BCUT2D eigenvalue weighted by Gasteiger charge is -2.30. The van der Waals surface area contributed by atoms with Gasteiger partial charge in [0.15, 0.2) is 5.79 Å². The van der Waals surface area contributed by atoms with Gasteiger partial charge in [0.25, 0.3) is 0 Å². The minimum absolute atomic E-state index is 0. The molecule has 5 heteroatoms. The van der Waals surface area contributed by atoms with Gasteiger partial charge in [-0.15, -0.1) is 12.4 Å². The topological polar surface area (TPSA) is 73.7 Å². The molecule has 0 aromatic rings. The van der Waals surface area contributed by atoms with E-state index in [9.17, 15) is 5.11 Å². The van der Waals surface area contributed by atoms with Crippen LogP contribution in [0.1, 0.15) is 20.3 Å². The molecule has 2 unspecified atom stereocenters. The molecular weight excluding hydrogens is 182 g/mol. The monoisotopic (exact) mass is 201 g/mol. The molecule has 0 aromatic heterocycles. The highest BCUT2D eigenvalue weighted by atomic mass is 35.5. The number of methoxy groups -OCH3 is 2. The van der Waals surface area contributed by atoms with Crippen molar-refractivity contribution in [2.24, 2.45) is 0 Å². The van der Waals surface area contributed by atoms with Crippen molar-refractivity contribution >= 4 is 12.4 Å². The minimum Gasteiger partial charge on any atom is -0.376 e. The molecule has 0 aliphatic rings. The highest BCUT2D eigenvalue weighted by Gasteiger charge is 2.31. The summed E-state index contributed by atoms with van der Waals surface area (Å²) in [6.07, 6.45) is 0.237. The van der Waals surface area contributed by atoms with Gasteiger partial charge < -0.3 is 20.7 Å². The van der Waals surface area contributed by atoms with Crippen molar-refractivity contribution in [3.8, 4) is 0 Å². The highest BCUT2D eigenvalue weighted by Crippen LogP contribution is 2.17. The zero-order valence-corrected chi connectivity index (χ0v) is 8.98. The molecule has 4 N–H and O–H groups in total. The number of ether oxygens (including phenoxy) is 2. The molecule has 2 atom stereocenters. The van der Waals surface area contributed by atoms with Crippen molar-refractivity contribution in [3.05, 3.63) is 0 Å². The van der Waals surface area contributed by atoms with Crippen LogP contribution in [0.4, 0.5) is 0 Å². The second kappa shape index (κ2) is 7.76. The molecule has 0 aliphatic heterocycles. The third kappa shape index (κ3) is 4.23. The normalized spacial score (nSPS) is 16.8. The third-order valence-electron chi connectivity index (χ3n) is 1.85. The average molecular weight is 202 g/mol. The van der Waals surface area contributed by atoms with Crippen molar-refractivity contribution in [2.45, 2.75) is 32.2 Å². The van der Waals surface area contributed by atoms with E-state index in [0.29, 0.717) is 6.42 Å². The SMILES string of the molecule is CCC(O)(OC)C(C)OC.Cl.N. The zero-order valence-electron chi connectivity index (χ0n) is 8.16.